The molecule has 3 N–H and O–H groups in total. The van der Waals surface area contributed by atoms with Crippen LogP contribution >= 0.6 is 0 Å². The molecule has 2 rings (SSSR count). The third kappa shape index (κ3) is 2.47. The number of methoxy groups -OCH3 is 1. The zero-order valence-electron chi connectivity index (χ0n) is 10.3. The van der Waals surface area contributed by atoms with Crippen molar-refractivity contribution in [2.45, 2.75) is 19.4 Å². The molecule has 17 heavy (non-hydrogen) atoms. The molecule has 1 aromatic carbocycles. The number of benzene rings is 1. The van der Waals surface area contributed by atoms with Crippen molar-refractivity contribution in [1.29, 1.82) is 0 Å². The molecular weight excluding hydrogens is 214 g/mol. The maximum Gasteiger partial charge on any atom is 0.118 e. The quantitative estimate of drug-likeness (QED) is 0.851. The highest BCUT2D eigenvalue weighted by atomic mass is 16.5. The van der Waals surface area contributed by atoms with Crippen LogP contribution in [0.1, 0.15) is 19.5 Å². The van der Waals surface area contributed by atoms with Gasteiger partial charge in [0.25, 0.3) is 0 Å². The van der Waals surface area contributed by atoms with Crippen LogP contribution in [0.15, 0.2) is 30.3 Å². The van der Waals surface area contributed by atoms with Crippen molar-refractivity contribution in [3.05, 3.63) is 36.0 Å². The van der Waals surface area contributed by atoms with Gasteiger partial charge in [0, 0.05) is 5.56 Å². The second-order valence-corrected chi connectivity index (χ2v) is 4.62. The highest BCUT2D eigenvalue weighted by Gasteiger charge is 2.17. The van der Waals surface area contributed by atoms with Crippen LogP contribution in [-0.2, 0) is 5.54 Å². The maximum absolute atomic E-state index is 6.00. The van der Waals surface area contributed by atoms with Gasteiger partial charge in [0.1, 0.15) is 5.75 Å². The summed E-state index contributed by atoms with van der Waals surface area (Å²) in [5.74, 6) is 0.837. The molecule has 1 aromatic heterocycles. The van der Waals surface area contributed by atoms with E-state index in [1.807, 2.05) is 44.2 Å². The molecule has 90 valence electrons. The molecule has 1 heterocycles. The molecule has 4 nitrogen and oxygen atoms in total. The van der Waals surface area contributed by atoms with E-state index in [1.54, 1.807) is 7.11 Å². The largest absolute Gasteiger partial charge is 0.497 e. The summed E-state index contributed by atoms with van der Waals surface area (Å²) in [5.41, 5.74) is 8.45. The Bertz CT molecular complexity index is 494. The van der Waals surface area contributed by atoms with Crippen molar-refractivity contribution in [3.63, 3.8) is 0 Å². The molecule has 0 unspecified atom stereocenters. The van der Waals surface area contributed by atoms with Gasteiger partial charge in [0.2, 0.25) is 0 Å². The standard InChI is InChI=1S/C13H17N3O/c1-13(2,14)12-8-11(15-16-12)9-4-6-10(17-3)7-5-9/h4-8H,14H2,1-3H3,(H,15,16). The number of hydrogen-bond acceptors (Lipinski definition) is 3. The summed E-state index contributed by atoms with van der Waals surface area (Å²) in [6, 6.07) is 9.75. The molecule has 0 aliphatic heterocycles. The minimum absolute atomic E-state index is 0.405. The van der Waals surface area contributed by atoms with Crippen LogP contribution in [0.4, 0.5) is 0 Å². The second-order valence-electron chi connectivity index (χ2n) is 4.62. The van der Waals surface area contributed by atoms with Crippen molar-refractivity contribution < 1.29 is 4.74 Å². The van der Waals surface area contributed by atoms with Gasteiger partial charge < -0.3 is 10.5 Å². The minimum atomic E-state index is -0.405. The fourth-order valence-corrected chi connectivity index (χ4v) is 1.56. The van der Waals surface area contributed by atoms with Crippen molar-refractivity contribution in [2.75, 3.05) is 7.11 Å². The minimum Gasteiger partial charge on any atom is -0.497 e. The Hall–Kier alpha value is -1.81. The van der Waals surface area contributed by atoms with E-state index in [0.717, 1.165) is 22.7 Å². The van der Waals surface area contributed by atoms with E-state index in [-0.39, 0.29) is 0 Å². The molecule has 0 amide bonds. The normalized spacial score (nSPS) is 11.5. The fraction of sp³-hybridized carbons (Fsp3) is 0.308. The summed E-state index contributed by atoms with van der Waals surface area (Å²) < 4.78 is 5.12. The monoisotopic (exact) mass is 231 g/mol. The van der Waals surface area contributed by atoms with Crippen LogP contribution < -0.4 is 10.5 Å². The van der Waals surface area contributed by atoms with E-state index in [4.69, 9.17) is 10.5 Å². The molecule has 0 bridgehead atoms. The molecular formula is C13H17N3O. The zero-order valence-corrected chi connectivity index (χ0v) is 10.3. The highest BCUT2D eigenvalue weighted by molar-refractivity contribution is 5.60. The Balaban J connectivity index is 2.30. The predicted molar refractivity (Wildman–Crippen MR) is 67.8 cm³/mol. The van der Waals surface area contributed by atoms with Crippen LogP contribution in [0.3, 0.4) is 0 Å². The van der Waals surface area contributed by atoms with Gasteiger partial charge in [-0.25, -0.2) is 0 Å². The Morgan fingerprint density at radius 1 is 1.24 bits per heavy atom. The SMILES string of the molecule is COc1ccc(-c2cc(C(C)(C)N)[nH]n2)cc1. The van der Waals surface area contributed by atoms with Crippen LogP contribution in [0.25, 0.3) is 11.3 Å². The first kappa shape index (κ1) is 11.7. The average molecular weight is 231 g/mol. The van der Waals surface area contributed by atoms with Crippen LogP contribution in [0.5, 0.6) is 5.75 Å². The van der Waals surface area contributed by atoms with Crippen molar-refractivity contribution in [3.8, 4) is 17.0 Å². The van der Waals surface area contributed by atoms with Gasteiger partial charge in [-0.2, -0.15) is 5.10 Å². The number of rotatable bonds is 3. The van der Waals surface area contributed by atoms with Crippen molar-refractivity contribution in [1.82, 2.24) is 10.2 Å². The lowest BCUT2D eigenvalue weighted by Crippen LogP contribution is -2.28. The number of ether oxygens (including phenoxy) is 1. The van der Waals surface area contributed by atoms with Crippen molar-refractivity contribution in [2.24, 2.45) is 5.73 Å². The summed E-state index contributed by atoms with van der Waals surface area (Å²) in [7, 11) is 1.65. The molecule has 2 aromatic rings. The van der Waals surface area contributed by atoms with E-state index < -0.39 is 5.54 Å². The lowest BCUT2D eigenvalue weighted by Gasteiger charge is -2.14. The Labute approximate surface area is 101 Å². The summed E-state index contributed by atoms with van der Waals surface area (Å²) in [4.78, 5) is 0. The molecule has 0 fully saturated rings. The third-order valence-electron chi connectivity index (χ3n) is 2.66. The molecule has 0 saturated carbocycles. The topological polar surface area (TPSA) is 63.9 Å². The first-order valence-corrected chi connectivity index (χ1v) is 5.50. The zero-order chi connectivity index (χ0) is 12.5. The van der Waals surface area contributed by atoms with Crippen LogP contribution in [0.2, 0.25) is 0 Å². The van der Waals surface area contributed by atoms with Gasteiger partial charge in [-0.1, -0.05) is 0 Å². The number of aromatic amines is 1. The van der Waals surface area contributed by atoms with E-state index in [0.29, 0.717) is 0 Å². The van der Waals surface area contributed by atoms with Gasteiger partial charge in [0.15, 0.2) is 0 Å². The molecule has 0 spiro atoms. The number of nitrogens with two attached hydrogens (primary N) is 1. The van der Waals surface area contributed by atoms with Gasteiger partial charge >= 0.3 is 0 Å². The number of nitrogens with zero attached hydrogens (tertiary/aromatic N) is 1. The van der Waals surface area contributed by atoms with E-state index >= 15 is 0 Å². The van der Waals surface area contributed by atoms with Crippen LogP contribution in [-0.4, -0.2) is 17.3 Å². The summed E-state index contributed by atoms with van der Waals surface area (Å²) >= 11 is 0. The molecule has 4 heteroatoms. The van der Waals surface area contributed by atoms with Gasteiger partial charge in [-0.05, 0) is 44.2 Å². The third-order valence-corrected chi connectivity index (χ3v) is 2.66. The molecule has 0 atom stereocenters. The van der Waals surface area contributed by atoms with Crippen molar-refractivity contribution >= 4 is 0 Å². The van der Waals surface area contributed by atoms with E-state index in [2.05, 4.69) is 10.2 Å². The first-order chi connectivity index (χ1) is 8.00. The Kier molecular flexibility index (Phi) is 2.90. The van der Waals surface area contributed by atoms with Crippen LogP contribution in [0, 0.1) is 0 Å². The lowest BCUT2D eigenvalue weighted by molar-refractivity contribution is 0.415. The smallest absolute Gasteiger partial charge is 0.118 e. The summed E-state index contributed by atoms with van der Waals surface area (Å²) in [5, 5.41) is 7.23. The number of aromatic nitrogens is 2. The Morgan fingerprint density at radius 2 is 1.88 bits per heavy atom. The van der Waals surface area contributed by atoms with E-state index in [9.17, 15) is 0 Å². The van der Waals surface area contributed by atoms with Gasteiger partial charge in [-0.15, -0.1) is 0 Å². The number of hydrogen-bond donors (Lipinski definition) is 2. The number of nitrogens with one attached hydrogen (secondary N) is 1. The van der Waals surface area contributed by atoms with Gasteiger partial charge in [-0.3, -0.25) is 5.10 Å². The number of H-pyrrole nitrogens is 1. The molecule has 0 saturated heterocycles. The average Bonchev–Trinajstić information content (AvgIpc) is 2.78. The summed E-state index contributed by atoms with van der Waals surface area (Å²) in [6.07, 6.45) is 0. The lowest BCUT2D eigenvalue weighted by atomic mass is 10.0. The molecule has 0 aliphatic rings. The first-order valence-electron chi connectivity index (χ1n) is 5.50. The van der Waals surface area contributed by atoms with E-state index in [1.165, 1.54) is 0 Å². The predicted octanol–water partition coefficient (Wildman–Crippen LogP) is 2.28. The fourth-order valence-electron chi connectivity index (χ4n) is 1.56. The Morgan fingerprint density at radius 3 is 2.35 bits per heavy atom. The summed E-state index contributed by atoms with van der Waals surface area (Å²) in [6.45, 7) is 3.89. The molecule has 0 radical (unpaired) electrons. The highest BCUT2D eigenvalue weighted by Crippen LogP contribution is 2.24. The molecule has 0 aliphatic carbocycles. The van der Waals surface area contributed by atoms with Gasteiger partial charge in [0.05, 0.1) is 24.0 Å². The second kappa shape index (κ2) is 4.22. The maximum atomic E-state index is 6.00.